The van der Waals surface area contributed by atoms with E-state index in [4.69, 9.17) is 0 Å². The molecule has 0 fully saturated rings. The molecule has 0 atom stereocenters. The molecule has 0 radical (unpaired) electrons. The summed E-state index contributed by atoms with van der Waals surface area (Å²) in [7, 11) is 2.02. The lowest BCUT2D eigenvalue weighted by Gasteiger charge is -2.02. The van der Waals surface area contributed by atoms with Gasteiger partial charge in [-0.15, -0.1) is 0 Å². The van der Waals surface area contributed by atoms with Crippen LogP contribution in [0.25, 0.3) is 22.0 Å². The molecule has 3 rings (SSSR count). The van der Waals surface area contributed by atoms with Gasteiger partial charge in [0.2, 0.25) is 0 Å². The van der Waals surface area contributed by atoms with Crippen molar-refractivity contribution in [3.05, 3.63) is 61.1 Å². The van der Waals surface area contributed by atoms with E-state index in [2.05, 4.69) is 29.2 Å². The van der Waals surface area contributed by atoms with Crippen LogP contribution < -0.4 is 4.57 Å². The number of fused-ring (bicyclic) bond motifs is 1. The maximum absolute atomic E-state index is 4.47. The first kappa shape index (κ1) is 9.97. The molecule has 0 N–H and O–H groups in total. The third kappa shape index (κ3) is 1.89. The molecule has 17 heavy (non-hydrogen) atoms. The number of benzene rings is 1. The summed E-state index contributed by atoms with van der Waals surface area (Å²) in [6.07, 6.45) is 6.02. The zero-order valence-corrected chi connectivity index (χ0v) is 9.67. The van der Waals surface area contributed by atoms with Crippen molar-refractivity contribution in [1.82, 2.24) is 4.98 Å². The van der Waals surface area contributed by atoms with Crippen LogP contribution >= 0.6 is 0 Å². The summed E-state index contributed by atoms with van der Waals surface area (Å²) in [4.78, 5) is 4.47. The quantitative estimate of drug-likeness (QED) is 0.577. The molecule has 0 saturated carbocycles. The number of aromatic nitrogens is 2. The smallest absolute Gasteiger partial charge is 0.169 e. The lowest BCUT2D eigenvalue weighted by molar-refractivity contribution is -0.671. The first-order valence-electron chi connectivity index (χ1n) is 5.63. The van der Waals surface area contributed by atoms with E-state index >= 15 is 0 Å². The fourth-order valence-corrected chi connectivity index (χ4v) is 1.92. The fourth-order valence-electron chi connectivity index (χ4n) is 1.92. The zero-order chi connectivity index (χ0) is 11.7. The molecular weight excluding hydrogens is 208 g/mol. The Bertz CT molecular complexity index is 657. The van der Waals surface area contributed by atoms with Gasteiger partial charge in [0, 0.05) is 29.3 Å². The number of rotatable bonds is 1. The second-order valence-electron chi connectivity index (χ2n) is 4.17. The van der Waals surface area contributed by atoms with E-state index < -0.39 is 0 Å². The predicted molar refractivity (Wildman–Crippen MR) is 68.4 cm³/mol. The summed E-state index contributed by atoms with van der Waals surface area (Å²) >= 11 is 0. The van der Waals surface area contributed by atoms with Gasteiger partial charge in [-0.2, -0.15) is 0 Å². The van der Waals surface area contributed by atoms with Crippen molar-refractivity contribution in [1.29, 1.82) is 0 Å². The molecule has 0 bridgehead atoms. The summed E-state index contributed by atoms with van der Waals surface area (Å²) in [5.74, 6) is 0. The van der Waals surface area contributed by atoms with E-state index in [0.29, 0.717) is 0 Å². The summed E-state index contributed by atoms with van der Waals surface area (Å²) in [6, 6.07) is 14.6. The number of para-hydroxylation sites is 1. The molecule has 82 valence electrons. The van der Waals surface area contributed by atoms with E-state index in [1.165, 1.54) is 10.9 Å². The molecule has 2 aromatic heterocycles. The largest absolute Gasteiger partial charge is 0.256 e. The Balaban J connectivity index is 2.14. The van der Waals surface area contributed by atoms with Gasteiger partial charge in [-0.1, -0.05) is 18.2 Å². The Labute approximate surface area is 100 Å². The first-order valence-corrected chi connectivity index (χ1v) is 5.63. The molecule has 0 amide bonds. The van der Waals surface area contributed by atoms with Gasteiger partial charge in [0.1, 0.15) is 7.05 Å². The Morgan fingerprint density at radius 3 is 2.53 bits per heavy atom. The monoisotopic (exact) mass is 221 g/mol. The normalized spacial score (nSPS) is 10.6. The van der Waals surface area contributed by atoms with Crippen molar-refractivity contribution in [2.75, 3.05) is 0 Å². The van der Waals surface area contributed by atoms with Crippen LogP contribution in [0.4, 0.5) is 0 Å². The highest BCUT2D eigenvalue weighted by atomic mass is 14.9. The van der Waals surface area contributed by atoms with Gasteiger partial charge in [0.25, 0.3) is 0 Å². The number of hydrogen-bond acceptors (Lipinski definition) is 1. The van der Waals surface area contributed by atoms with Crippen molar-refractivity contribution in [2.24, 2.45) is 7.05 Å². The summed E-state index contributed by atoms with van der Waals surface area (Å²) in [6.45, 7) is 0. The number of nitrogens with zero attached hydrogens (tertiary/aromatic N) is 2. The molecule has 2 heteroatoms. The number of pyridine rings is 2. The van der Waals surface area contributed by atoms with E-state index in [1.807, 2.05) is 48.4 Å². The second-order valence-corrected chi connectivity index (χ2v) is 4.17. The van der Waals surface area contributed by atoms with Crippen molar-refractivity contribution >= 4 is 10.9 Å². The van der Waals surface area contributed by atoms with Crippen LogP contribution in [0.5, 0.6) is 0 Å². The molecular formula is C15H13N2+. The summed E-state index contributed by atoms with van der Waals surface area (Å²) < 4.78 is 2.03. The van der Waals surface area contributed by atoms with Crippen LogP contribution in [0.3, 0.4) is 0 Å². The van der Waals surface area contributed by atoms with E-state index in [1.54, 1.807) is 0 Å². The lowest BCUT2D eigenvalue weighted by atomic mass is 10.1. The Kier molecular flexibility index (Phi) is 2.33. The molecule has 3 aromatic rings. The molecule has 1 aromatic carbocycles. The van der Waals surface area contributed by atoms with Crippen molar-refractivity contribution in [3.63, 3.8) is 0 Å². The minimum absolute atomic E-state index is 1.04. The molecule has 0 aliphatic heterocycles. The predicted octanol–water partition coefficient (Wildman–Crippen LogP) is 2.73. The van der Waals surface area contributed by atoms with Crippen molar-refractivity contribution in [3.8, 4) is 11.1 Å². The minimum atomic E-state index is 1.04. The molecule has 0 aliphatic carbocycles. The van der Waals surface area contributed by atoms with Crippen LogP contribution in [0.1, 0.15) is 0 Å². The number of aryl methyl sites for hydroxylation is 1. The maximum atomic E-state index is 4.47. The van der Waals surface area contributed by atoms with Gasteiger partial charge >= 0.3 is 0 Å². The Morgan fingerprint density at radius 1 is 0.941 bits per heavy atom. The van der Waals surface area contributed by atoms with Crippen LogP contribution in [-0.4, -0.2) is 4.98 Å². The van der Waals surface area contributed by atoms with Gasteiger partial charge in [0.05, 0.1) is 5.52 Å². The first-order chi connectivity index (χ1) is 8.33. The van der Waals surface area contributed by atoms with Crippen LogP contribution in [0.15, 0.2) is 61.1 Å². The highest BCUT2D eigenvalue weighted by Crippen LogP contribution is 2.21. The Hall–Kier alpha value is -2.22. The number of hydrogen-bond donors (Lipinski definition) is 0. The molecule has 0 saturated heterocycles. The van der Waals surface area contributed by atoms with E-state index in [-0.39, 0.29) is 0 Å². The second kappa shape index (κ2) is 3.98. The molecule has 0 aliphatic rings. The van der Waals surface area contributed by atoms with Gasteiger partial charge in [-0.05, 0) is 17.7 Å². The third-order valence-electron chi connectivity index (χ3n) is 2.90. The molecule has 2 heterocycles. The van der Waals surface area contributed by atoms with Gasteiger partial charge in [0.15, 0.2) is 12.4 Å². The van der Waals surface area contributed by atoms with Gasteiger partial charge in [-0.25, -0.2) is 4.57 Å². The molecule has 0 unspecified atom stereocenters. The van der Waals surface area contributed by atoms with Crippen LogP contribution in [0.2, 0.25) is 0 Å². The summed E-state index contributed by atoms with van der Waals surface area (Å²) in [5.41, 5.74) is 3.39. The van der Waals surface area contributed by atoms with E-state index in [0.717, 1.165) is 11.1 Å². The maximum Gasteiger partial charge on any atom is 0.169 e. The highest BCUT2D eigenvalue weighted by Gasteiger charge is 2.01. The van der Waals surface area contributed by atoms with Gasteiger partial charge < -0.3 is 0 Å². The average molecular weight is 221 g/mol. The SMILES string of the molecule is C[n+]1ccc(-c2cnc3ccccc3c2)cc1. The Morgan fingerprint density at radius 2 is 1.71 bits per heavy atom. The van der Waals surface area contributed by atoms with Crippen LogP contribution in [0, 0.1) is 0 Å². The lowest BCUT2D eigenvalue weighted by Crippen LogP contribution is -2.25. The van der Waals surface area contributed by atoms with Crippen LogP contribution in [-0.2, 0) is 7.05 Å². The molecule has 2 nitrogen and oxygen atoms in total. The van der Waals surface area contributed by atoms with Gasteiger partial charge in [-0.3, -0.25) is 4.98 Å². The zero-order valence-electron chi connectivity index (χ0n) is 9.67. The topological polar surface area (TPSA) is 16.8 Å². The van der Waals surface area contributed by atoms with Crippen molar-refractivity contribution in [2.45, 2.75) is 0 Å². The van der Waals surface area contributed by atoms with E-state index in [9.17, 15) is 0 Å². The minimum Gasteiger partial charge on any atom is -0.256 e. The average Bonchev–Trinajstić information content (AvgIpc) is 2.39. The van der Waals surface area contributed by atoms with Crippen molar-refractivity contribution < 1.29 is 4.57 Å². The standard InChI is InChI=1S/C15H13N2/c1-17-8-6-12(7-9-17)14-10-13-4-2-3-5-15(13)16-11-14/h2-11H,1H3/q+1. The molecule has 0 spiro atoms. The third-order valence-corrected chi connectivity index (χ3v) is 2.90. The summed E-state index contributed by atoms with van der Waals surface area (Å²) in [5, 5.41) is 1.18. The highest BCUT2D eigenvalue weighted by molar-refractivity contribution is 5.83. The fraction of sp³-hybridized carbons (Fsp3) is 0.0667.